The van der Waals surface area contributed by atoms with Crippen molar-refractivity contribution >= 4 is 5.91 Å². The maximum atomic E-state index is 11.5. The van der Waals surface area contributed by atoms with Gasteiger partial charge in [-0.25, -0.2) is 9.67 Å². The maximum absolute atomic E-state index is 11.5. The first-order valence-corrected chi connectivity index (χ1v) is 7.29. The fourth-order valence-electron chi connectivity index (χ4n) is 2.53. The van der Waals surface area contributed by atoms with Crippen molar-refractivity contribution in [2.45, 2.75) is 39.2 Å². The van der Waals surface area contributed by atoms with Crippen LogP contribution in [0.1, 0.15) is 44.4 Å². The molecule has 6 heteroatoms. The molecule has 1 saturated heterocycles. The zero-order chi connectivity index (χ0) is 14.8. The van der Waals surface area contributed by atoms with Crippen LogP contribution in [-0.4, -0.2) is 25.7 Å². The van der Waals surface area contributed by atoms with Crippen LogP contribution in [-0.2, 0) is 11.2 Å². The van der Waals surface area contributed by atoms with Gasteiger partial charge in [-0.05, 0) is 24.5 Å². The summed E-state index contributed by atoms with van der Waals surface area (Å²) < 4.78 is 1.83. The molecule has 6 nitrogen and oxygen atoms in total. The van der Waals surface area contributed by atoms with E-state index in [9.17, 15) is 4.79 Å². The molecule has 1 amide bonds. The first-order chi connectivity index (χ1) is 10.1. The summed E-state index contributed by atoms with van der Waals surface area (Å²) in [4.78, 5) is 20.2. The van der Waals surface area contributed by atoms with Crippen molar-refractivity contribution in [1.29, 1.82) is 0 Å². The van der Waals surface area contributed by atoms with E-state index in [-0.39, 0.29) is 11.9 Å². The first kappa shape index (κ1) is 13.7. The van der Waals surface area contributed by atoms with Crippen LogP contribution in [0.2, 0.25) is 0 Å². The molecule has 0 saturated carbocycles. The van der Waals surface area contributed by atoms with Gasteiger partial charge in [-0.1, -0.05) is 13.8 Å². The van der Waals surface area contributed by atoms with Crippen molar-refractivity contribution in [2.24, 2.45) is 5.92 Å². The predicted molar refractivity (Wildman–Crippen MR) is 77.8 cm³/mol. The largest absolute Gasteiger partial charge is 0.346 e. The van der Waals surface area contributed by atoms with E-state index in [0.29, 0.717) is 12.3 Å². The molecule has 0 aliphatic carbocycles. The highest BCUT2D eigenvalue weighted by molar-refractivity contribution is 5.78. The Kier molecular flexibility index (Phi) is 3.68. The van der Waals surface area contributed by atoms with Gasteiger partial charge >= 0.3 is 0 Å². The summed E-state index contributed by atoms with van der Waals surface area (Å²) in [5.74, 6) is 2.19. The third kappa shape index (κ3) is 2.94. The van der Waals surface area contributed by atoms with Crippen molar-refractivity contribution in [1.82, 2.24) is 25.1 Å². The monoisotopic (exact) mass is 285 g/mol. The lowest BCUT2D eigenvalue weighted by molar-refractivity contribution is -0.119. The van der Waals surface area contributed by atoms with E-state index in [1.165, 1.54) is 0 Å². The minimum atomic E-state index is -0.0564. The van der Waals surface area contributed by atoms with Crippen molar-refractivity contribution in [3.63, 3.8) is 0 Å². The van der Waals surface area contributed by atoms with Gasteiger partial charge in [-0.2, -0.15) is 5.10 Å². The van der Waals surface area contributed by atoms with Gasteiger partial charge in [0.15, 0.2) is 11.6 Å². The fourth-order valence-corrected chi connectivity index (χ4v) is 2.53. The molecule has 3 heterocycles. The van der Waals surface area contributed by atoms with Gasteiger partial charge in [0.05, 0.1) is 11.7 Å². The second-order valence-corrected chi connectivity index (χ2v) is 5.76. The Bertz CT molecular complexity index is 635. The molecule has 1 fully saturated rings. The lowest BCUT2D eigenvalue weighted by Gasteiger charge is -2.10. The molecule has 110 valence electrons. The van der Waals surface area contributed by atoms with Gasteiger partial charge in [0.25, 0.3) is 0 Å². The average Bonchev–Trinajstić information content (AvgIpc) is 3.05. The molecule has 1 N–H and O–H groups in total. The number of rotatable bonds is 4. The molecular weight excluding hydrogens is 266 g/mol. The number of pyridine rings is 1. The van der Waals surface area contributed by atoms with E-state index >= 15 is 0 Å². The summed E-state index contributed by atoms with van der Waals surface area (Å²) in [5.41, 5.74) is 0.920. The van der Waals surface area contributed by atoms with Crippen molar-refractivity contribution in [3.05, 3.63) is 36.2 Å². The number of hydrogen-bond donors (Lipinski definition) is 1. The second-order valence-electron chi connectivity index (χ2n) is 5.76. The topological polar surface area (TPSA) is 72.7 Å². The number of nitrogens with zero attached hydrogens (tertiary/aromatic N) is 4. The maximum Gasteiger partial charge on any atom is 0.220 e. The van der Waals surface area contributed by atoms with E-state index in [2.05, 4.69) is 34.2 Å². The van der Waals surface area contributed by atoms with Crippen molar-refractivity contribution in [3.8, 4) is 5.69 Å². The Balaban J connectivity index is 2.00. The van der Waals surface area contributed by atoms with Gasteiger partial charge in [-0.15, -0.1) is 0 Å². The first-order valence-electron chi connectivity index (χ1n) is 7.29. The number of aromatic nitrogens is 4. The number of carbonyl (C=O) groups is 1. The predicted octanol–water partition coefficient (Wildman–Crippen LogP) is 1.81. The molecule has 0 bridgehead atoms. The van der Waals surface area contributed by atoms with Crippen molar-refractivity contribution in [2.75, 3.05) is 0 Å². The van der Waals surface area contributed by atoms with Gasteiger partial charge in [0, 0.05) is 25.2 Å². The molecular formula is C15H19N5O. The standard InChI is InChI=1S/C15H19N5O/c1-10(2)9-13-18-15(12-3-4-14(21)17-12)20(19-13)11-5-7-16-8-6-11/h5-8,10,12H,3-4,9H2,1-2H3,(H,17,21)/t12-/m0/s1. The Hall–Kier alpha value is -2.24. The van der Waals surface area contributed by atoms with Crippen LogP contribution < -0.4 is 5.32 Å². The third-order valence-electron chi connectivity index (χ3n) is 3.48. The lowest BCUT2D eigenvalue weighted by Crippen LogP contribution is -2.21. The highest BCUT2D eigenvalue weighted by atomic mass is 16.1. The van der Waals surface area contributed by atoms with Crippen LogP contribution in [0.5, 0.6) is 0 Å². The summed E-state index contributed by atoms with van der Waals surface area (Å²) in [6, 6.07) is 3.74. The van der Waals surface area contributed by atoms with E-state index in [1.807, 2.05) is 16.8 Å². The number of amides is 1. The summed E-state index contributed by atoms with van der Waals surface area (Å²) in [6.45, 7) is 4.29. The van der Waals surface area contributed by atoms with Gasteiger partial charge in [0.2, 0.25) is 5.91 Å². The molecule has 0 aromatic carbocycles. The fraction of sp³-hybridized carbons (Fsp3) is 0.467. The molecule has 2 aromatic heterocycles. The van der Waals surface area contributed by atoms with E-state index in [4.69, 9.17) is 0 Å². The second kappa shape index (κ2) is 5.63. The Morgan fingerprint density at radius 3 is 2.76 bits per heavy atom. The number of carbonyl (C=O) groups excluding carboxylic acids is 1. The van der Waals surface area contributed by atoms with Crippen molar-refractivity contribution < 1.29 is 4.79 Å². The molecule has 3 rings (SSSR count). The highest BCUT2D eigenvalue weighted by Gasteiger charge is 2.28. The molecule has 21 heavy (non-hydrogen) atoms. The molecule has 1 aliphatic heterocycles. The summed E-state index contributed by atoms with van der Waals surface area (Å²) >= 11 is 0. The van der Waals surface area contributed by atoms with Crippen LogP contribution in [0.25, 0.3) is 5.69 Å². The minimum Gasteiger partial charge on any atom is -0.346 e. The Morgan fingerprint density at radius 1 is 1.38 bits per heavy atom. The minimum absolute atomic E-state index is 0.0564. The molecule has 0 spiro atoms. The normalized spacial score (nSPS) is 18.2. The molecule has 1 aliphatic rings. The third-order valence-corrected chi connectivity index (χ3v) is 3.48. The SMILES string of the molecule is CC(C)Cc1nc([C@@H]2CCC(=O)N2)n(-c2ccncc2)n1. The lowest BCUT2D eigenvalue weighted by atomic mass is 10.1. The summed E-state index contributed by atoms with van der Waals surface area (Å²) in [7, 11) is 0. The van der Waals surface area contributed by atoms with E-state index in [0.717, 1.165) is 30.2 Å². The highest BCUT2D eigenvalue weighted by Crippen LogP contribution is 2.24. The molecule has 2 aromatic rings. The molecule has 1 atom stereocenters. The van der Waals surface area contributed by atoms with Crippen LogP contribution in [0.3, 0.4) is 0 Å². The smallest absolute Gasteiger partial charge is 0.220 e. The summed E-state index contributed by atoms with van der Waals surface area (Å²) in [5, 5.41) is 7.59. The van der Waals surface area contributed by atoms with Crippen LogP contribution in [0.15, 0.2) is 24.5 Å². The number of nitrogens with one attached hydrogen (secondary N) is 1. The zero-order valence-electron chi connectivity index (χ0n) is 12.3. The Morgan fingerprint density at radius 2 is 2.14 bits per heavy atom. The molecule has 0 radical (unpaired) electrons. The quantitative estimate of drug-likeness (QED) is 0.930. The zero-order valence-corrected chi connectivity index (χ0v) is 12.3. The Labute approximate surface area is 123 Å². The average molecular weight is 285 g/mol. The van der Waals surface area contributed by atoms with E-state index in [1.54, 1.807) is 12.4 Å². The van der Waals surface area contributed by atoms with Crippen LogP contribution in [0.4, 0.5) is 0 Å². The summed E-state index contributed by atoms with van der Waals surface area (Å²) in [6.07, 6.45) is 5.61. The van der Waals surface area contributed by atoms with Gasteiger partial charge in [0.1, 0.15) is 0 Å². The van der Waals surface area contributed by atoms with Crippen LogP contribution in [0, 0.1) is 5.92 Å². The number of hydrogen-bond acceptors (Lipinski definition) is 4. The molecule has 0 unspecified atom stereocenters. The van der Waals surface area contributed by atoms with E-state index < -0.39 is 0 Å². The van der Waals surface area contributed by atoms with Gasteiger partial charge < -0.3 is 5.32 Å². The van der Waals surface area contributed by atoms with Gasteiger partial charge in [-0.3, -0.25) is 9.78 Å². The van der Waals surface area contributed by atoms with Crippen LogP contribution >= 0.6 is 0 Å².